The van der Waals surface area contributed by atoms with E-state index in [1.165, 1.54) is 23.3 Å². The fourth-order valence-electron chi connectivity index (χ4n) is 3.25. The van der Waals surface area contributed by atoms with Gasteiger partial charge in [-0.25, -0.2) is 4.39 Å². The Morgan fingerprint density at radius 3 is 2.45 bits per heavy atom. The first kappa shape index (κ1) is 23.1. The van der Waals surface area contributed by atoms with Crippen LogP contribution < -0.4 is 0 Å². The second-order valence-corrected chi connectivity index (χ2v) is 8.47. The van der Waals surface area contributed by atoms with Crippen LogP contribution in [0.4, 0.5) is 4.39 Å². The molecule has 0 amide bonds. The maximum absolute atomic E-state index is 13.3. The Balaban J connectivity index is 2.05. The standard InChI is InChI=1S/C22H26FO5P/c1-14-11-21(17-6-8-18(23)9-7-17)20(16(3)15(14)2)5-4-10-28-29(27)13-19(24)12-22(25)26/h6-9,11,19,24H,4-5,10,12-13H2,1-3H3/p+1. The van der Waals surface area contributed by atoms with E-state index < -0.39 is 26.5 Å². The van der Waals surface area contributed by atoms with Crippen molar-refractivity contribution >= 4 is 14.0 Å². The summed E-state index contributed by atoms with van der Waals surface area (Å²) in [6, 6.07) is 8.52. The number of carbonyl (C=O) groups is 1. The molecule has 0 saturated heterocycles. The van der Waals surface area contributed by atoms with Crippen LogP contribution in [0.2, 0.25) is 0 Å². The Bertz CT molecular complexity index is 880. The Kier molecular flexibility index (Phi) is 8.45. The lowest BCUT2D eigenvalue weighted by atomic mass is 9.88. The molecule has 0 radical (unpaired) electrons. The van der Waals surface area contributed by atoms with Crippen LogP contribution in [0, 0.1) is 26.6 Å². The lowest BCUT2D eigenvalue weighted by Crippen LogP contribution is -2.15. The minimum absolute atomic E-state index is 0.189. The first-order chi connectivity index (χ1) is 13.7. The molecule has 2 aromatic rings. The molecule has 0 saturated carbocycles. The summed E-state index contributed by atoms with van der Waals surface area (Å²) >= 11 is 0. The predicted molar refractivity (Wildman–Crippen MR) is 111 cm³/mol. The van der Waals surface area contributed by atoms with Crippen molar-refractivity contribution in [1.29, 1.82) is 0 Å². The van der Waals surface area contributed by atoms with Crippen molar-refractivity contribution < 1.29 is 28.5 Å². The van der Waals surface area contributed by atoms with Crippen LogP contribution in [0.5, 0.6) is 0 Å². The first-order valence-electron chi connectivity index (χ1n) is 9.52. The number of carboxylic acids is 1. The molecule has 0 bridgehead atoms. The van der Waals surface area contributed by atoms with Gasteiger partial charge in [-0.15, -0.1) is 4.52 Å². The lowest BCUT2D eigenvalue weighted by Gasteiger charge is -2.17. The quantitative estimate of drug-likeness (QED) is 0.419. The number of aryl methyl sites for hydroxylation is 1. The van der Waals surface area contributed by atoms with Crippen LogP contribution >= 0.6 is 8.03 Å². The molecule has 0 aliphatic rings. The topological polar surface area (TPSA) is 83.8 Å². The van der Waals surface area contributed by atoms with Gasteiger partial charge in [-0.1, -0.05) is 18.2 Å². The van der Waals surface area contributed by atoms with Gasteiger partial charge in [0.2, 0.25) is 6.16 Å². The van der Waals surface area contributed by atoms with Crippen molar-refractivity contribution in [1.82, 2.24) is 0 Å². The van der Waals surface area contributed by atoms with Crippen molar-refractivity contribution in [2.24, 2.45) is 0 Å². The molecule has 0 heterocycles. The minimum atomic E-state index is -2.11. The van der Waals surface area contributed by atoms with Crippen LogP contribution in [0.15, 0.2) is 30.3 Å². The maximum Gasteiger partial charge on any atom is 0.510 e. The van der Waals surface area contributed by atoms with Gasteiger partial charge in [0.05, 0.1) is 6.42 Å². The average Bonchev–Trinajstić information content (AvgIpc) is 2.64. The second kappa shape index (κ2) is 10.6. The zero-order valence-electron chi connectivity index (χ0n) is 16.9. The molecule has 2 rings (SSSR count). The summed E-state index contributed by atoms with van der Waals surface area (Å²) in [5, 5.41) is 18.2. The van der Waals surface area contributed by atoms with Gasteiger partial charge < -0.3 is 10.2 Å². The Morgan fingerprint density at radius 2 is 1.83 bits per heavy atom. The maximum atomic E-state index is 13.3. The zero-order chi connectivity index (χ0) is 21.6. The van der Waals surface area contributed by atoms with E-state index >= 15 is 0 Å². The van der Waals surface area contributed by atoms with Crippen LogP contribution in [0.3, 0.4) is 0 Å². The largest absolute Gasteiger partial charge is 0.510 e. The van der Waals surface area contributed by atoms with Gasteiger partial charge in [0.25, 0.3) is 0 Å². The summed E-state index contributed by atoms with van der Waals surface area (Å²) in [6.45, 7) is 6.42. The molecule has 2 aromatic carbocycles. The fraction of sp³-hybridized carbons (Fsp3) is 0.409. The predicted octanol–water partition coefficient (Wildman–Crippen LogP) is 4.95. The van der Waals surface area contributed by atoms with Crippen LogP contribution in [-0.4, -0.2) is 35.1 Å². The number of aliphatic hydroxyl groups is 1. The summed E-state index contributed by atoms with van der Waals surface area (Å²) < 4.78 is 30.5. The van der Waals surface area contributed by atoms with E-state index in [1.54, 1.807) is 12.1 Å². The van der Waals surface area contributed by atoms with E-state index in [-0.39, 0.29) is 18.6 Å². The summed E-state index contributed by atoms with van der Waals surface area (Å²) in [7, 11) is -2.11. The Morgan fingerprint density at radius 1 is 1.17 bits per heavy atom. The van der Waals surface area contributed by atoms with Gasteiger partial charge in [0.15, 0.2) is 0 Å². The highest BCUT2D eigenvalue weighted by molar-refractivity contribution is 7.39. The third kappa shape index (κ3) is 6.70. The zero-order valence-corrected chi connectivity index (χ0v) is 17.8. The van der Waals surface area contributed by atoms with Gasteiger partial charge in [0, 0.05) is 0 Å². The van der Waals surface area contributed by atoms with Gasteiger partial charge in [-0.05, 0) is 83.7 Å². The lowest BCUT2D eigenvalue weighted by molar-refractivity contribution is -0.138. The van der Waals surface area contributed by atoms with Crippen molar-refractivity contribution in [2.75, 3.05) is 12.8 Å². The Labute approximate surface area is 171 Å². The number of rotatable bonds is 10. The third-order valence-electron chi connectivity index (χ3n) is 5.02. The van der Waals surface area contributed by atoms with Gasteiger partial charge >= 0.3 is 14.0 Å². The molecular weight excluding hydrogens is 394 g/mol. The number of carboxylic acid groups (broad SMARTS) is 1. The average molecular weight is 421 g/mol. The first-order valence-corrected chi connectivity index (χ1v) is 10.9. The highest BCUT2D eigenvalue weighted by Gasteiger charge is 2.25. The second-order valence-electron chi connectivity index (χ2n) is 7.18. The molecule has 29 heavy (non-hydrogen) atoms. The highest BCUT2D eigenvalue weighted by Crippen LogP contribution is 2.32. The number of benzene rings is 2. The molecule has 5 nitrogen and oxygen atoms in total. The monoisotopic (exact) mass is 421 g/mol. The van der Waals surface area contributed by atoms with Crippen molar-refractivity contribution in [3.05, 3.63) is 58.4 Å². The van der Waals surface area contributed by atoms with Crippen LogP contribution in [-0.2, 0) is 20.3 Å². The summed E-state index contributed by atoms with van der Waals surface area (Å²) in [5.74, 6) is -1.42. The molecule has 7 heteroatoms. The van der Waals surface area contributed by atoms with E-state index in [0.29, 0.717) is 12.8 Å². The molecule has 0 fully saturated rings. The number of halogens is 1. The number of hydrogen-bond donors (Lipinski definition) is 2. The molecule has 0 spiro atoms. The van der Waals surface area contributed by atoms with Gasteiger partial charge in [0.1, 0.15) is 18.5 Å². The third-order valence-corrected chi connectivity index (χ3v) is 6.21. The van der Waals surface area contributed by atoms with E-state index in [1.807, 2.05) is 0 Å². The van der Waals surface area contributed by atoms with Crippen molar-refractivity contribution in [3.63, 3.8) is 0 Å². The minimum Gasteiger partial charge on any atom is -0.481 e. The van der Waals surface area contributed by atoms with Crippen molar-refractivity contribution in [2.45, 2.75) is 46.1 Å². The van der Waals surface area contributed by atoms with E-state index in [9.17, 15) is 18.9 Å². The normalized spacial score (nSPS) is 12.7. The summed E-state index contributed by atoms with van der Waals surface area (Å²) in [6.07, 6.45) is -0.504. The number of aliphatic hydroxyl groups excluding tert-OH is 1. The molecule has 0 aliphatic carbocycles. The van der Waals surface area contributed by atoms with Crippen LogP contribution in [0.1, 0.15) is 35.1 Å². The number of aliphatic carboxylic acids is 1. The summed E-state index contributed by atoms with van der Waals surface area (Å²) in [4.78, 5) is 10.5. The van der Waals surface area contributed by atoms with Gasteiger partial charge in [-0.3, -0.25) is 4.79 Å². The molecular formula is C22H27FO5P+. The molecule has 0 aliphatic heterocycles. The smallest absolute Gasteiger partial charge is 0.481 e. The Hall–Kier alpha value is -2.14. The van der Waals surface area contributed by atoms with E-state index in [0.717, 1.165) is 22.3 Å². The molecule has 2 N–H and O–H groups in total. The van der Waals surface area contributed by atoms with Crippen molar-refractivity contribution in [3.8, 4) is 11.1 Å². The molecule has 2 atom stereocenters. The molecule has 2 unspecified atom stereocenters. The highest BCUT2D eigenvalue weighted by atomic mass is 31.1. The van der Waals surface area contributed by atoms with E-state index in [2.05, 4.69) is 26.8 Å². The molecule has 156 valence electrons. The fourth-order valence-corrected chi connectivity index (χ4v) is 4.16. The van der Waals surface area contributed by atoms with Crippen LogP contribution in [0.25, 0.3) is 11.1 Å². The number of hydrogen-bond acceptors (Lipinski definition) is 4. The van der Waals surface area contributed by atoms with E-state index in [4.69, 9.17) is 9.63 Å². The summed E-state index contributed by atoms with van der Waals surface area (Å²) in [5.41, 5.74) is 6.67. The molecule has 0 aromatic heterocycles. The van der Waals surface area contributed by atoms with Gasteiger partial charge in [-0.2, -0.15) is 0 Å². The SMILES string of the molecule is Cc1cc(-c2ccc(F)cc2)c(CCCO[P+](=O)CC(O)CC(=O)O)c(C)c1C.